The number of nitrogens with one attached hydrogen (secondary N) is 2. The molecular weight excluding hydrogens is 274 g/mol. The van der Waals surface area contributed by atoms with E-state index in [2.05, 4.69) is 10.0 Å². The molecule has 5 nitrogen and oxygen atoms in total. The van der Waals surface area contributed by atoms with Crippen molar-refractivity contribution in [3.63, 3.8) is 0 Å². The van der Waals surface area contributed by atoms with Crippen molar-refractivity contribution < 1.29 is 8.42 Å². The fourth-order valence-corrected chi connectivity index (χ4v) is 3.47. The number of hydrogen-bond acceptors (Lipinski definition) is 3. The summed E-state index contributed by atoms with van der Waals surface area (Å²) in [6.07, 6.45) is 4.58. The van der Waals surface area contributed by atoms with Crippen molar-refractivity contribution in [1.29, 1.82) is 0 Å². The van der Waals surface area contributed by atoms with Crippen molar-refractivity contribution in [1.82, 2.24) is 14.3 Å². The van der Waals surface area contributed by atoms with Gasteiger partial charge >= 0.3 is 0 Å². The van der Waals surface area contributed by atoms with E-state index in [4.69, 9.17) is 0 Å². The zero-order chi connectivity index (χ0) is 12.3. The summed E-state index contributed by atoms with van der Waals surface area (Å²) in [6, 6.07) is 0.503. The lowest BCUT2D eigenvalue weighted by Crippen LogP contribution is -2.48. The molecule has 0 amide bonds. The van der Waals surface area contributed by atoms with Crippen LogP contribution in [0.2, 0.25) is 0 Å². The van der Waals surface area contributed by atoms with Gasteiger partial charge in [-0.2, -0.15) is 12.7 Å². The molecule has 0 aromatic heterocycles. The monoisotopic (exact) mass is 297 g/mol. The highest BCUT2D eigenvalue weighted by Gasteiger charge is 2.28. The summed E-state index contributed by atoms with van der Waals surface area (Å²) in [5, 5.41) is 3.55. The highest BCUT2D eigenvalue weighted by atomic mass is 35.5. The maximum absolute atomic E-state index is 11.8. The maximum atomic E-state index is 11.8. The number of halogens is 1. The van der Waals surface area contributed by atoms with Crippen molar-refractivity contribution in [2.24, 2.45) is 5.92 Å². The Morgan fingerprint density at radius 3 is 2.28 bits per heavy atom. The SMILES string of the molecule is CCNS(=O)(=O)N1CCC(NCC2CC2)CC1.Cl. The quantitative estimate of drug-likeness (QED) is 0.760. The molecule has 0 bridgehead atoms. The Hall–Kier alpha value is 0.120. The third kappa shape index (κ3) is 4.66. The van der Waals surface area contributed by atoms with E-state index in [0.717, 1.165) is 25.3 Å². The molecule has 1 saturated heterocycles. The first-order valence-electron chi connectivity index (χ1n) is 6.60. The second-order valence-corrected chi connectivity index (χ2v) is 6.78. The largest absolute Gasteiger partial charge is 0.314 e. The number of hydrogen-bond donors (Lipinski definition) is 2. The third-order valence-corrected chi connectivity index (χ3v) is 5.21. The summed E-state index contributed by atoms with van der Waals surface area (Å²) in [5.41, 5.74) is 0. The van der Waals surface area contributed by atoms with Crippen molar-refractivity contribution in [2.45, 2.75) is 38.6 Å². The van der Waals surface area contributed by atoms with Gasteiger partial charge in [0.15, 0.2) is 0 Å². The van der Waals surface area contributed by atoms with E-state index in [9.17, 15) is 8.42 Å². The minimum Gasteiger partial charge on any atom is -0.314 e. The van der Waals surface area contributed by atoms with Crippen LogP contribution in [0, 0.1) is 5.92 Å². The highest BCUT2D eigenvalue weighted by molar-refractivity contribution is 7.87. The molecule has 0 radical (unpaired) electrons. The molecule has 0 spiro atoms. The molecule has 2 N–H and O–H groups in total. The second kappa shape index (κ2) is 7.05. The fraction of sp³-hybridized carbons (Fsp3) is 1.00. The van der Waals surface area contributed by atoms with Crippen LogP contribution < -0.4 is 10.0 Å². The number of piperidine rings is 1. The Morgan fingerprint density at radius 2 is 1.78 bits per heavy atom. The third-order valence-electron chi connectivity index (χ3n) is 3.51. The highest BCUT2D eigenvalue weighted by Crippen LogP contribution is 2.28. The first-order valence-corrected chi connectivity index (χ1v) is 8.04. The van der Waals surface area contributed by atoms with Crippen molar-refractivity contribution in [2.75, 3.05) is 26.2 Å². The predicted octanol–water partition coefficient (Wildman–Crippen LogP) is 0.726. The van der Waals surface area contributed by atoms with Crippen LogP contribution in [-0.2, 0) is 10.2 Å². The van der Waals surface area contributed by atoms with Crippen LogP contribution in [0.3, 0.4) is 0 Å². The molecule has 0 unspecified atom stereocenters. The van der Waals surface area contributed by atoms with Gasteiger partial charge in [0.25, 0.3) is 10.2 Å². The van der Waals surface area contributed by atoms with E-state index in [0.29, 0.717) is 25.7 Å². The van der Waals surface area contributed by atoms with Gasteiger partial charge in [-0.15, -0.1) is 12.4 Å². The van der Waals surface area contributed by atoms with E-state index in [1.54, 1.807) is 4.31 Å². The zero-order valence-electron chi connectivity index (χ0n) is 10.9. The van der Waals surface area contributed by atoms with Gasteiger partial charge in [0.1, 0.15) is 0 Å². The molecule has 1 saturated carbocycles. The second-order valence-electron chi connectivity index (χ2n) is 5.03. The summed E-state index contributed by atoms with van der Waals surface area (Å²) in [5.74, 6) is 0.888. The van der Waals surface area contributed by atoms with Gasteiger partial charge in [-0.3, -0.25) is 0 Å². The molecule has 108 valence electrons. The summed E-state index contributed by atoms with van der Waals surface area (Å²) in [4.78, 5) is 0. The van der Waals surface area contributed by atoms with E-state index in [1.165, 1.54) is 12.8 Å². The molecular formula is C11H24ClN3O2S. The average Bonchev–Trinajstić information content (AvgIpc) is 3.11. The Labute approximate surface area is 116 Å². The van der Waals surface area contributed by atoms with Gasteiger partial charge in [-0.1, -0.05) is 6.92 Å². The first kappa shape index (κ1) is 16.2. The van der Waals surface area contributed by atoms with Gasteiger partial charge in [-0.05, 0) is 38.1 Å². The molecule has 18 heavy (non-hydrogen) atoms. The smallest absolute Gasteiger partial charge is 0.279 e. The van der Waals surface area contributed by atoms with Crippen molar-refractivity contribution in [3.8, 4) is 0 Å². The van der Waals surface area contributed by atoms with Crippen molar-refractivity contribution in [3.05, 3.63) is 0 Å². The molecule has 0 atom stereocenters. The number of nitrogens with zero attached hydrogens (tertiary/aromatic N) is 1. The average molecular weight is 298 g/mol. The molecule has 1 aliphatic carbocycles. The molecule has 2 fully saturated rings. The Balaban J connectivity index is 0.00000162. The van der Waals surface area contributed by atoms with E-state index in [1.807, 2.05) is 6.92 Å². The van der Waals surface area contributed by atoms with Crippen LogP contribution in [0.25, 0.3) is 0 Å². The first-order chi connectivity index (χ1) is 8.12. The summed E-state index contributed by atoms with van der Waals surface area (Å²) >= 11 is 0. The van der Waals surface area contributed by atoms with Crippen LogP contribution in [0.5, 0.6) is 0 Å². The topological polar surface area (TPSA) is 61.4 Å². The lowest BCUT2D eigenvalue weighted by Gasteiger charge is -2.31. The molecule has 2 aliphatic rings. The van der Waals surface area contributed by atoms with Gasteiger partial charge in [0.05, 0.1) is 0 Å². The summed E-state index contributed by atoms with van der Waals surface area (Å²) in [6.45, 7) is 4.66. The minimum absolute atomic E-state index is 0. The van der Waals surface area contributed by atoms with Gasteiger partial charge in [0, 0.05) is 25.7 Å². The Kier molecular flexibility index (Phi) is 6.34. The normalized spacial score (nSPS) is 22.7. The molecule has 7 heteroatoms. The Morgan fingerprint density at radius 1 is 1.17 bits per heavy atom. The molecule has 0 aromatic carbocycles. The van der Waals surface area contributed by atoms with Crippen LogP contribution in [-0.4, -0.2) is 44.9 Å². The molecule has 0 aromatic rings. The van der Waals surface area contributed by atoms with Gasteiger partial charge in [0.2, 0.25) is 0 Å². The standard InChI is InChI=1S/C11H23N3O2S.ClH/c1-2-13-17(15,16)14-7-5-11(6-8-14)12-9-10-3-4-10;/h10-13H,2-9H2,1H3;1H. The van der Waals surface area contributed by atoms with Crippen LogP contribution in [0.4, 0.5) is 0 Å². The van der Waals surface area contributed by atoms with E-state index < -0.39 is 10.2 Å². The number of rotatable bonds is 6. The van der Waals surface area contributed by atoms with Crippen LogP contribution >= 0.6 is 12.4 Å². The fourth-order valence-electron chi connectivity index (χ4n) is 2.23. The Bertz CT molecular complexity index is 338. The maximum Gasteiger partial charge on any atom is 0.279 e. The lowest BCUT2D eigenvalue weighted by atomic mass is 10.1. The summed E-state index contributed by atoms with van der Waals surface area (Å²) < 4.78 is 27.6. The van der Waals surface area contributed by atoms with Gasteiger partial charge < -0.3 is 5.32 Å². The minimum atomic E-state index is -3.22. The van der Waals surface area contributed by atoms with Gasteiger partial charge in [-0.25, -0.2) is 4.72 Å². The molecule has 1 heterocycles. The van der Waals surface area contributed by atoms with Crippen LogP contribution in [0.15, 0.2) is 0 Å². The van der Waals surface area contributed by atoms with E-state index in [-0.39, 0.29) is 12.4 Å². The van der Waals surface area contributed by atoms with Crippen molar-refractivity contribution >= 4 is 22.6 Å². The van der Waals surface area contributed by atoms with Crippen LogP contribution in [0.1, 0.15) is 32.6 Å². The molecule has 1 aliphatic heterocycles. The predicted molar refractivity (Wildman–Crippen MR) is 75.2 cm³/mol. The zero-order valence-corrected chi connectivity index (χ0v) is 12.5. The summed E-state index contributed by atoms with van der Waals surface area (Å²) in [7, 11) is -3.22. The van der Waals surface area contributed by atoms with E-state index >= 15 is 0 Å². The molecule has 2 rings (SSSR count). The lowest BCUT2D eigenvalue weighted by molar-refractivity contribution is 0.285.